The number of fused-ring (bicyclic) bond motifs is 1. The number of ether oxygens (including phenoxy) is 1. The molecule has 360 valence electrons. The highest BCUT2D eigenvalue weighted by Crippen LogP contribution is 2.48. The number of phenols is 1. The molecule has 30 heteroatoms. The number of phenolic OH excluding ortho intramolecular Hbond substituents is 1. The standard InChI is InChI=1S/C37H33N9O15S6.CH4/c1-61-31-18-21(38)2-15-29(31)43-40-22-3-5-25(6-4-22)46-64(50,51)27-13-9-23(10-14-27)41-44-30-20-32(65(52,53)54)28-19-33(66(55,56)57)36(37(47)34(28)35(30)39)45-42-24-7-11-26(12-8-24)63(48,49)17-16-62-67(58,59)60;/h2-15,18-20,46-47H,16-17,38-39H2,1H3,(H,52,53,54)(H,55,56,57)(H,58,59,60);1H4. The molecule has 6 aromatic rings. The number of azo groups is 3. The number of sulfonamides is 1. The lowest BCUT2D eigenvalue weighted by Crippen LogP contribution is -2.12. The van der Waals surface area contributed by atoms with Crippen LogP contribution in [0.5, 0.6) is 11.5 Å². The summed E-state index contributed by atoms with van der Waals surface area (Å²) in [5, 5.41) is 33.6. The summed E-state index contributed by atoms with van der Waals surface area (Å²) in [5.74, 6) is -1.95. The number of nitrogen functional groups attached to an aromatic ring is 2. The van der Waals surface area contributed by atoms with Crippen LogP contribution in [-0.4, -0.2) is 79.5 Å². The smallest absolute Gasteiger partial charge is 0.319 e. The van der Waals surface area contributed by atoms with Crippen molar-refractivity contribution in [1.29, 1.82) is 0 Å². The van der Waals surface area contributed by atoms with Crippen LogP contribution < -0.4 is 20.9 Å². The molecule has 0 aliphatic carbocycles. The number of nitrogens with zero attached hydrogens (tertiary/aromatic N) is 6. The Bertz CT molecular complexity index is 3580. The quantitative estimate of drug-likeness (QED) is 0.0196. The normalized spacial score (nSPS) is 12.8. The van der Waals surface area contributed by atoms with E-state index in [1.54, 1.807) is 18.2 Å². The van der Waals surface area contributed by atoms with Crippen molar-refractivity contribution in [3.63, 3.8) is 0 Å². The number of benzene rings is 6. The van der Waals surface area contributed by atoms with Crippen LogP contribution in [0.4, 0.5) is 51.2 Å². The zero-order valence-corrected chi connectivity index (χ0v) is 38.7. The Labute approximate surface area is 392 Å². The molecule has 0 saturated carbocycles. The number of hydrogen-bond donors (Lipinski definition) is 7. The van der Waals surface area contributed by atoms with E-state index in [-0.39, 0.29) is 45.1 Å². The van der Waals surface area contributed by atoms with E-state index in [1.807, 2.05) is 0 Å². The third-order valence-corrected chi connectivity index (χ3v) is 16.1. The lowest BCUT2D eigenvalue weighted by Gasteiger charge is -2.14. The fourth-order valence-electron chi connectivity index (χ4n) is 5.80. The minimum Gasteiger partial charge on any atom is -0.505 e. The van der Waals surface area contributed by atoms with Crippen LogP contribution in [0.2, 0.25) is 0 Å². The second-order valence-electron chi connectivity index (χ2n) is 13.5. The van der Waals surface area contributed by atoms with Gasteiger partial charge in [-0.15, -0.1) is 15.3 Å². The van der Waals surface area contributed by atoms with Crippen molar-refractivity contribution in [3.8, 4) is 11.5 Å². The molecule has 68 heavy (non-hydrogen) atoms. The van der Waals surface area contributed by atoms with Crippen molar-refractivity contribution in [3.05, 3.63) is 103 Å². The molecule has 0 fully saturated rings. The molecule has 0 unspecified atom stereocenters. The number of nitrogens with two attached hydrogens (primary N) is 2. The Kier molecular flexibility index (Phi) is 15.6. The Morgan fingerprint density at radius 2 is 1.13 bits per heavy atom. The molecular formula is C38H37N9O15S6. The highest BCUT2D eigenvalue weighted by atomic mass is 33.1. The number of nitrogens with one attached hydrogen (secondary N) is 1. The molecule has 0 heterocycles. The number of aromatic hydroxyl groups is 1. The Balaban J connectivity index is 0.00000864. The van der Waals surface area contributed by atoms with Crippen LogP contribution in [0, 0.1) is 0 Å². The van der Waals surface area contributed by atoms with Gasteiger partial charge in [0, 0.05) is 28.6 Å². The number of methoxy groups -OCH3 is 1. The minimum absolute atomic E-state index is 0. The SMILES string of the molecule is C.COc1cc(N)ccc1N=Nc1ccc(NS(=O)(=O)c2ccc(N=Nc3cc(S(=O)(=O)O)c4cc(S(=O)(=O)O)c(N=Nc5ccc(S(=O)(=O)CCSS(=O)(=O)O)cc5)c(O)c4c3N)cc2)cc1. The number of anilines is 3. The molecule has 0 spiro atoms. The second kappa shape index (κ2) is 20.3. The zero-order valence-electron chi connectivity index (χ0n) is 33.8. The number of hydrogen-bond acceptors (Lipinski definition) is 21. The van der Waals surface area contributed by atoms with Gasteiger partial charge in [0.15, 0.2) is 15.6 Å². The van der Waals surface area contributed by atoms with Gasteiger partial charge in [0.1, 0.15) is 32.6 Å². The van der Waals surface area contributed by atoms with Gasteiger partial charge >= 0.3 is 9.15 Å². The monoisotopic (exact) mass is 1050 g/mol. The predicted octanol–water partition coefficient (Wildman–Crippen LogP) is 8.20. The van der Waals surface area contributed by atoms with Gasteiger partial charge in [-0.1, -0.05) is 7.43 Å². The fourth-order valence-corrected chi connectivity index (χ4v) is 11.6. The summed E-state index contributed by atoms with van der Waals surface area (Å²) in [6, 6.07) is 21.1. The molecule has 0 aliphatic rings. The maximum atomic E-state index is 13.2. The maximum Gasteiger partial charge on any atom is 0.319 e. The van der Waals surface area contributed by atoms with Crippen molar-refractivity contribution in [2.24, 2.45) is 30.7 Å². The van der Waals surface area contributed by atoms with Gasteiger partial charge in [0.05, 0.1) is 50.8 Å². The van der Waals surface area contributed by atoms with E-state index in [9.17, 15) is 56.3 Å². The third-order valence-electron chi connectivity index (χ3n) is 8.94. The highest BCUT2D eigenvalue weighted by molar-refractivity contribution is 8.70. The molecule has 6 rings (SSSR count). The number of rotatable bonds is 17. The van der Waals surface area contributed by atoms with E-state index >= 15 is 0 Å². The zero-order chi connectivity index (χ0) is 49.1. The van der Waals surface area contributed by atoms with Crippen molar-refractivity contribution in [2.75, 3.05) is 34.8 Å². The molecule has 0 saturated heterocycles. The lowest BCUT2D eigenvalue weighted by molar-refractivity contribution is 0.416. The van der Waals surface area contributed by atoms with Gasteiger partial charge in [-0.25, -0.2) is 16.8 Å². The first kappa shape index (κ1) is 52.3. The van der Waals surface area contributed by atoms with Crippen LogP contribution in [0.3, 0.4) is 0 Å². The van der Waals surface area contributed by atoms with Gasteiger partial charge in [-0.3, -0.25) is 18.4 Å². The third kappa shape index (κ3) is 12.7. The van der Waals surface area contributed by atoms with Crippen LogP contribution >= 0.6 is 10.8 Å². The maximum absolute atomic E-state index is 13.2. The largest absolute Gasteiger partial charge is 0.505 e. The first-order valence-corrected chi connectivity index (χ1v) is 27.1. The molecule has 0 radical (unpaired) electrons. The Morgan fingerprint density at radius 1 is 0.618 bits per heavy atom. The first-order valence-electron chi connectivity index (χ1n) is 18.2. The van der Waals surface area contributed by atoms with E-state index in [0.717, 1.165) is 24.3 Å². The Morgan fingerprint density at radius 3 is 1.66 bits per heavy atom. The van der Waals surface area contributed by atoms with Crippen LogP contribution in [0.15, 0.2) is 153 Å². The van der Waals surface area contributed by atoms with Crippen molar-refractivity contribution < 1.29 is 65.6 Å². The van der Waals surface area contributed by atoms with Crippen molar-refractivity contribution in [1.82, 2.24) is 0 Å². The van der Waals surface area contributed by atoms with Crippen molar-refractivity contribution >= 4 is 122 Å². The molecule has 24 nitrogen and oxygen atoms in total. The molecular weight excluding hydrogens is 1010 g/mol. The molecule has 0 aromatic heterocycles. The first-order chi connectivity index (χ1) is 31.3. The van der Waals surface area contributed by atoms with Crippen LogP contribution in [-0.2, 0) is 49.2 Å². The van der Waals surface area contributed by atoms with Gasteiger partial charge in [0.2, 0.25) is 0 Å². The lowest BCUT2D eigenvalue weighted by atomic mass is 10.0. The molecule has 0 amide bonds. The molecule has 9 N–H and O–H groups in total. The van der Waals surface area contributed by atoms with Crippen molar-refractivity contribution in [2.45, 2.75) is 27.0 Å². The average molecular weight is 1050 g/mol. The summed E-state index contributed by atoms with van der Waals surface area (Å²) in [5.41, 5.74) is 11.3. The van der Waals surface area contributed by atoms with Gasteiger partial charge in [0.25, 0.3) is 30.3 Å². The van der Waals surface area contributed by atoms with Crippen LogP contribution in [0.25, 0.3) is 10.8 Å². The number of sulfone groups is 1. The summed E-state index contributed by atoms with van der Waals surface area (Å²) in [4.78, 5) is -2.75. The molecule has 6 aromatic carbocycles. The predicted molar refractivity (Wildman–Crippen MR) is 253 cm³/mol. The van der Waals surface area contributed by atoms with Gasteiger partial charge in [-0.2, -0.15) is 40.6 Å². The van der Waals surface area contributed by atoms with E-state index < -0.39 is 104 Å². The van der Waals surface area contributed by atoms with E-state index in [0.29, 0.717) is 34.9 Å². The topological polar surface area (TPSA) is 399 Å². The summed E-state index contributed by atoms with van der Waals surface area (Å²) >= 11 is 0. The van der Waals surface area contributed by atoms with E-state index in [4.69, 9.17) is 20.8 Å². The second-order valence-corrected chi connectivity index (χ2v) is 23.5. The molecule has 0 atom stereocenters. The summed E-state index contributed by atoms with van der Waals surface area (Å²) < 4.78 is 160. The molecule has 0 bridgehead atoms. The van der Waals surface area contributed by atoms with E-state index in [2.05, 4.69) is 35.4 Å². The minimum atomic E-state index is -5.35. The van der Waals surface area contributed by atoms with Gasteiger partial charge < -0.3 is 21.3 Å². The summed E-state index contributed by atoms with van der Waals surface area (Å²) in [6.07, 6.45) is 0. The van der Waals surface area contributed by atoms with Gasteiger partial charge in [-0.05, 0) is 108 Å². The average Bonchev–Trinajstić information content (AvgIpc) is 3.24. The fraction of sp³-hybridized carbons (Fsp3) is 0.105. The Hall–Kier alpha value is -6.64. The summed E-state index contributed by atoms with van der Waals surface area (Å²) in [7, 11) is -21.9. The molecule has 0 aliphatic heterocycles. The summed E-state index contributed by atoms with van der Waals surface area (Å²) in [6.45, 7) is 0. The van der Waals surface area contributed by atoms with E-state index in [1.165, 1.54) is 55.6 Å². The van der Waals surface area contributed by atoms with Crippen LogP contribution in [0.1, 0.15) is 7.43 Å². The highest BCUT2D eigenvalue weighted by Gasteiger charge is 2.29.